The monoisotopic (exact) mass is 352 g/mol. The second-order valence-electron chi connectivity index (χ2n) is 7.68. The second-order valence-corrected chi connectivity index (χ2v) is 7.68. The van der Waals surface area contributed by atoms with E-state index in [-0.39, 0.29) is 12.1 Å². The Hall–Kier alpha value is -0.790. The van der Waals surface area contributed by atoms with Gasteiger partial charge in [-0.1, -0.05) is 103 Å². The van der Waals surface area contributed by atoms with Crippen molar-refractivity contribution in [2.24, 2.45) is 0 Å². The van der Waals surface area contributed by atoms with Gasteiger partial charge in [0.05, 0.1) is 0 Å². The molecule has 0 aliphatic heterocycles. The summed E-state index contributed by atoms with van der Waals surface area (Å²) >= 11 is 0. The van der Waals surface area contributed by atoms with Gasteiger partial charge in [-0.15, -0.1) is 0 Å². The molecular weight excluding hydrogens is 308 g/mol. The fraction of sp³-hybridized carbons (Fsp3) is 0.870. The quantitative estimate of drug-likeness (QED) is 0.143. The van der Waals surface area contributed by atoms with Gasteiger partial charge >= 0.3 is 5.97 Å². The van der Waals surface area contributed by atoms with E-state index in [4.69, 9.17) is 4.74 Å². The van der Waals surface area contributed by atoms with Gasteiger partial charge in [-0.3, -0.25) is 4.79 Å². The Balaban J connectivity index is 3.19. The standard InChI is InChI=1S/C23H44O2/c1-5-6-7-8-9-10-11-12-13-14-15-16-17-18-19-20-23(24)25-22(4)21(2)3/h22H,2,5-20H2,1,3-4H3. The van der Waals surface area contributed by atoms with Crippen molar-refractivity contribution < 1.29 is 9.53 Å². The van der Waals surface area contributed by atoms with Crippen molar-refractivity contribution >= 4 is 5.97 Å². The van der Waals surface area contributed by atoms with E-state index in [1.807, 2.05) is 13.8 Å². The molecule has 0 bridgehead atoms. The number of carbonyl (C=O) groups excluding carboxylic acids is 1. The summed E-state index contributed by atoms with van der Waals surface area (Å²) in [5.74, 6) is -0.0785. The van der Waals surface area contributed by atoms with Crippen molar-refractivity contribution in [3.63, 3.8) is 0 Å². The highest BCUT2D eigenvalue weighted by molar-refractivity contribution is 5.69. The largest absolute Gasteiger partial charge is 0.458 e. The minimum absolute atomic E-state index is 0.0785. The highest BCUT2D eigenvalue weighted by atomic mass is 16.5. The maximum Gasteiger partial charge on any atom is 0.306 e. The van der Waals surface area contributed by atoms with Gasteiger partial charge < -0.3 is 4.74 Å². The Morgan fingerprint density at radius 2 is 1.12 bits per heavy atom. The molecule has 0 radical (unpaired) electrons. The third kappa shape index (κ3) is 17.8. The SMILES string of the molecule is C=C(C)C(C)OC(=O)CCCCCCCCCCCCCCCCC. The molecule has 0 amide bonds. The van der Waals surface area contributed by atoms with Crippen LogP contribution in [0.4, 0.5) is 0 Å². The lowest BCUT2D eigenvalue weighted by atomic mass is 10.0. The average molecular weight is 353 g/mol. The minimum atomic E-state index is -0.149. The van der Waals surface area contributed by atoms with Gasteiger partial charge in [0, 0.05) is 6.42 Å². The zero-order valence-corrected chi connectivity index (χ0v) is 17.4. The lowest BCUT2D eigenvalue weighted by molar-refractivity contribution is -0.146. The maximum atomic E-state index is 11.6. The van der Waals surface area contributed by atoms with Crippen molar-refractivity contribution in [3.05, 3.63) is 12.2 Å². The Bertz CT molecular complexity index is 322. The molecule has 2 nitrogen and oxygen atoms in total. The van der Waals surface area contributed by atoms with Crippen LogP contribution >= 0.6 is 0 Å². The molecule has 0 aliphatic rings. The topological polar surface area (TPSA) is 26.3 Å². The van der Waals surface area contributed by atoms with Crippen molar-refractivity contribution in [3.8, 4) is 0 Å². The molecule has 148 valence electrons. The van der Waals surface area contributed by atoms with E-state index in [0.717, 1.165) is 18.4 Å². The number of hydrogen-bond donors (Lipinski definition) is 0. The molecular formula is C23H44O2. The van der Waals surface area contributed by atoms with Crippen LogP contribution in [-0.4, -0.2) is 12.1 Å². The normalized spacial score (nSPS) is 12.1. The molecule has 25 heavy (non-hydrogen) atoms. The van der Waals surface area contributed by atoms with Crippen molar-refractivity contribution in [1.82, 2.24) is 0 Å². The van der Waals surface area contributed by atoms with Gasteiger partial charge in [-0.05, 0) is 25.8 Å². The molecule has 0 aromatic heterocycles. The first-order valence-corrected chi connectivity index (χ1v) is 10.9. The zero-order chi connectivity index (χ0) is 18.8. The van der Waals surface area contributed by atoms with E-state index in [1.54, 1.807) is 0 Å². The number of esters is 1. The molecule has 1 atom stereocenters. The van der Waals surface area contributed by atoms with Crippen LogP contribution in [0.5, 0.6) is 0 Å². The number of ether oxygens (including phenoxy) is 1. The van der Waals surface area contributed by atoms with Crippen LogP contribution in [-0.2, 0) is 9.53 Å². The van der Waals surface area contributed by atoms with Gasteiger partial charge in [-0.25, -0.2) is 0 Å². The fourth-order valence-corrected chi connectivity index (χ4v) is 3.00. The smallest absolute Gasteiger partial charge is 0.306 e. The summed E-state index contributed by atoms with van der Waals surface area (Å²) in [4.78, 5) is 11.6. The zero-order valence-electron chi connectivity index (χ0n) is 17.4. The van der Waals surface area contributed by atoms with Gasteiger partial charge in [-0.2, -0.15) is 0 Å². The summed E-state index contributed by atoms with van der Waals surface area (Å²) in [6.45, 7) is 9.86. The summed E-state index contributed by atoms with van der Waals surface area (Å²) in [5.41, 5.74) is 0.907. The summed E-state index contributed by atoms with van der Waals surface area (Å²) in [6.07, 6.45) is 20.6. The number of hydrogen-bond acceptors (Lipinski definition) is 2. The Morgan fingerprint density at radius 1 is 0.760 bits per heavy atom. The van der Waals surface area contributed by atoms with Crippen LogP contribution in [0.15, 0.2) is 12.2 Å². The minimum Gasteiger partial charge on any atom is -0.458 e. The maximum absolute atomic E-state index is 11.6. The molecule has 0 saturated carbocycles. The Kier molecular flexibility index (Phi) is 17.4. The first-order chi connectivity index (χ1) is 12.1. The van der Waals surface area contributed by atoms with Crippen molar-refractivity contribution in [2.75, 3.05) is 0 Å². The predicted molar refractivity (Wildman–Crippen MR) is 110 cm³/mol. The van der Waals surface area contributed by atoms with Gasteiger partial charge in [0.2, 0.25) is 0 Å². The van der Waals surface area contributed by atoms with Crippen LogP contribution < -0.4 is 0 Å². The number of unbranched alkanes of at least 4 members (excludes halogenated alkanes) is 14. The molecule has 0 spiro atoms. The van der Waals surface area contributed by atoms with E-state index in [9.17, 15) is 4.79 Å². The molecule has 0 saturated heterocycles. The fourth-order valence-electron chi connectivity index (χ4n) is 3.00. The van der Waals surface area contributed by atoms with E-state index < -0.39 is 0 Å². The highest BCUT2D eigenvalue weighted by Crippen LogP contribution is 2.14. The molecule has 2 heteroatoms. The van der Waals surface area contributed by atoms with Gasteiger partial charge in [0.1, 0.15) is 6.10 Å². The number of carbonyl (C=O) groups is 1. The van der Waals surface area contributed by atoms with Crippen LogP contribution in [0.1, 0.15) is 124 Å². The van der Waals surface area contributed by atoms with E-state index in [2.05, 4.69) is 13.5 Å². The number of rotatable bonds is 18. The van der Waals surface area contributed by atoms with E-state index in [0.29, 0.717) is 6.42 Å². The highest BCUT2D eigenvalue weighted by Gasteiger charge is 2.09. The average Bonchev–Trinajstić information content (AvgIpc) is 2.58. The second kappa shape index (κ2) is 18.0. The molecule has 0 rings (SSSR count). The van der Waals surface area contributed by atoms with Crippen molar-refractivity contribution in [2.45, 2.75) is 130 Å². The lowest BCUT2D eigenvalue weighted by Crippen LogP contribution is -2.15. The van der Waals surface area contributed by atoms with E-state index in [1.165, 1.54) is 83.5 Å². The van der Waals surface area contributed by atoms with Crippen LogP contribution in [0, 0.1) is 0 Å². The molecule has 0 N–H and O–H groups in total. The van der Waals surface area contributed by atoms with Crippen LogP contribution in [0.3, 0.4) is 0 Å². The molecule has 0 aliphatic carbocycles. The molecule has 0 aromatic rings. The summed E-state index contributed by atoms with van der Waals surface area (Å²) < 4.78 is 5.29. The lowest BCUT2D eigenvalue weighted by Gasteiger charge is -2.12. The summed E-state index contributed by atoms with van der Waals surface area (Å²) in [7, 11) is 0. The summed E-state index contributed by atoms with van der Waals surface area (Å²) in [6, 6.07) is 0. The summed E-state index contributed by atoms with van der Waals surface area (Å²) in [5, 5.41) is 0. The molecule has 1 unspecified atom stereocenters. The van der Waals surface area contributed by atoms with Gasteiger partial charge in [0.15, 0.2) is 0 Å². The Morgan fingerprint density at radius 3 is 1.48 bits per heavy atom. The first-order valence-electron chi connectivity index (χ1n) is 10.9. The van der Waals surface area contributed by atoms with Crippen molar-refractivity contribution in [1.29, 1.82) is 0 Å². The molecule has 0 heterocycles. The third-order valence-electron chi connectivity index (χ3n) is 4.99. The Labute approximate surface area is 157 Å². The van der Waals surface area contributed by atoms with Crippen LogP contribution in [0.2, 0.25) is 0 Å². The molecule has 0 aromatic carbocycles. The van der Waals surface area contributed by atoms with Gasteiger partial charge in [0.25, 0.3) is 0 Å². The first kappa shape index (κ1) is 24.2. The third-order valence-corrected chi connectivity index (χ3v) is 4.99. The van der Waals surface area contributed by atoms with E-state index >= 15 is 0 Å². The predicted octanol–water partition coefficient (Wildman–Crippen LogP) is 7.76. The van der Waals surface area contributed by atoms with Crippen LogP contribution in [0.25, 0.3) is 0 Å². The molecule has 0 fully saturated rings.